The van der Waals surface area contributed by atoms with Gasteiger partial charge in [-0.15, -0.1) is 0 Å². The van der Waals surface area contributed by atoms with Crippen molar-refractivity contribution in [3.05, 3.63) is 71.3 Å². The van der Waals surface area contributed by atoms with Crippen molar-refractivity contribution in [3.63, 3.8) is 0 Å². The van der Waals surface area contributed by atoms with E-state index in [1.54, 1.807) is 12.1 Å². The van der Waals surface area contributed by atoms with E-state index >= 15 is 0 Å². The number of benzene rings is 2. The molecule has 0 unspecified atom stereocenters. The number of hydrogen-bond donors (Lipinski definition) is 1. The van der Waals surface area contributed by atoms with E-state index in [1.165, 1.54) is 5.37 Å². The van der Waals surface area contributed by atoms with Gasteiger partial charge in [0.1, 0.15) is 5.82 Å². The number of rotatable bonds is 7. The summed E-state index contributed by atoms with van der Waals surface area (Å²) < 4.78 is 1.91. The lowest BCUT2D eigenvalue weighted by Gasteiger charge is -2.10. The quantitative estimate of drug-likeness (QED) is 0.622. The Labute approximate surface area is 163 Å². The molecule has 0 radical (unpaired) electrons. The molecule has 3 aromatic rings. The summed E-state index contributed by atoms with van der Waals surface area (Å²) in [6.07, 6.45) is 0.643. The van der Waals surface area contributed by atoms with Gasteiger partial charge in [0, 0.05) is 18.3 Å². The average Bonchev–Trinajstić information content (AvgIpc) is 3.03. The lowest BCUT2D eigenvalue weighted by molar-refractivity contribution is 0.0697. The van der Waals surface area contributed by atoms with Crippen LogP contribution >= 0.6 is 12.2 Å². The Hall–Kier alpha value is -2.86. The number of thiocarbonyl (C=S) groups is 1. The summed E-state index contributed by atoms with van der Waals surface area (Å²) in [6, 6.07) is 14.9. The van der Waals surface area contributed by atoms with Crippen molar-refractivity contribution in [1.29, 1.82) is 0 Å². The molecule has 3 rings (SSSR count). The van der Waals surface area contributed by atoms with Crippen LogP contribution in [0, 0.1) is 5.92 Å². The van der Waals surface area contributed by atoms with Crippen molar-refractivity contribution < 1.29 is 9.90 Å². The Morgan fingerprint density at radius 2 is 1.89 bits per heavy atom. The highest BCUT2D eigenvalue weighted by molar-refractivity contribution is 7.79. The second-order valence-corrected chi connectivity index (χ2v) is 7.04. The molecule has 0 saturated heterocycles. The predicted molar refractivity (Wildman–Crippen MR) is 109 cm³/mol. The Kier molecular flexibility index (Phi) is 5.76. The SMILES string of the molecule is CC(C)Cn1nc(C=S)nc1Cc1ccc(-c2ccccc2C(=O)O)cc1. The molecule has 27 heavy (non-hydrogen) atoms. The van der Waals surface area contributed by atoms with Crippen LogP contribution in [-0.2, 0) is 13.0 Å². The fourth-order valence-electron chi connectivity index (χ4n) is 2.97. The highest BCUT2D eigenvalue weighted by atomic mass is 32.1. The molecule has 0 saturated carbocycles. The van der Waals surface area contributed by atoms with Gasteiger partial charge in [0.2, 0.25) is 0 Å². The first-order valence-electron chi connectivity index (χ1n) is 8.78. The molecule has 0 fully saturated rings. The number of carbonyl (C=O) groups is 1. The van der Waals surface area contributed by atoms with Crippen LogP contribution in [0.3, 0.4) is 0 Å². The van der Waals surface area contributed by atoms with Crippen molar-refractivity contribution >= 4 is 23.6 Å². The standard InChI is InChI=1S/C21H21N3O2S/c1-14(2)12-24-20(22-19(13-27)23-24)11-15-7-9-16(10-8-15)17-5-3-4-6-18(17)21(25)26/h3-10,13-14H,11-12H2,1-2H3,(H,25,26). The fraction of sp³-hybridized carbons (Fsp3) is 0.238. The molecule has 0 aliphatic carbocycles. The zero-order chi connectivity index (χ0) is 19.4. The molecule has 0 amide bonds. The number of carboxylic acids is 1. The number of aromatic carboxylic acids is 1. The van der Waals surface area contributed by atoms with Crippen LogP contribution in [-0.4, -0.2) is 31.2 Å². The zero-order valence-electron chi connectivity index (χ0n) is 15.3. The molecule has 0 spiro atoms. The summed E-state index contributed by atoms with van der Waals surface area (Å²) in [5, 5.41) is 15.3. The van der Waals surface area contributed by atoms with Crippen LogP contribution in [0.2, 0.25) is 0 Å². The molecule has 138 valence electrons. The molecule has 0 atom stereocenters. The first-order valence-corrected chi connectivity index (χ1v) is 9.25. The Morgan fingerprint density at radius 3 is 2.52 bits per heavy atom. The van der Waals surface area contributed by atoms with Crippen LogP contribution < -0.4 is 0 Å². The van der Waals surface area contributed by atoms with E-state index in [9.17, 15) is 9.90 Å². The number of aromatic nitrogens is 3. The van der Waals surface area contributed by atoms with Gasteiger partial charge in [-0.1, -0.05) is 68.5 Å². The first kappa shape index (κ1) is 18.9. The van der Waals surface area contributed by atoms with Crippen molar-refractivity contribution in [1.82, 2.24) is 14.8 Å². The topological polar surface area (TPSA) is 68.0 Å². The van der Waals surface area contributed by atoms with Gasteiger partial charge in [0.25, 0.3) is 0 Å². The third-order valence-electron chi connectivity index (χ3n) is 4.19. The van der Waals surface area contributed by atoms with Crippen LogP contribution in [0.1, 0.15) is 41.4 Å². The van der Waals surface area contributed by atoms with E-state index in [1.807, 2.05) is 41.1 Å². The molecule has 1 aromatic heterocycles. The lowest BCUT2D eigenvalue weighted by Crippen LogP contribution is -2.10. The van der Waals surface area contributed by atoms with Crippen LogP contribution in [0.4, 0.5) is 0 Å². The van der Waals surface area contributed by atoms with E-state index in [0.717, 1.165) is 23.5 Å². The Morgan fingerprint density at radius 1 is 1.19 bits per heavy atom. The van der Waals surface area contributed by atoms with Crippen LogP contribution in [0.15, 0.2) is 48.5 Å². The molecule has 0 aliphatic heterocycles. The van der Waals surface area contributed by atoms with Crippen LogP contribution in [0.25, 0.3) is 11.1 Å². The largest absolute Gasteiger partial charge is 0.478 e. The first-order chi connectivity index (χ1) is 13.0. The van der Waals surface area contributed by atoms with Crippen LogP contribution in [0.5, 0.6) is 0 Å². The van der Waals surface area contributed by atoms with Crippen molar-refractivity contribution in [2.45, 2.75) is 26.8 Å². The summed E-state index contributed by atoms with van der Waals surface area (Å²) in [5.74, 6) is 0.966. The molecule has 6 heteroatoms. The summed E-state index contributed by atoms with van der Waals surface area (Å²) in [6.45, 7) is 5.06. The fourth-order valence-corrected chi connectivity index (χ4v) is 3.07. The number of hydrogen-bond acceptors (Lipinski definition) is 4. The molecular weight excluding hydrogens is 358 g/mol. The molecule has 1 N–H and O–H groups in total. The average molecular weight is 379 g/mol. The van der Waals surface area contributed by atoms with Gasteiger partial charge in [-0.25, -0.2) is 14.5 Å². The van der Waals surface area contributed by atoms with Gasteiger partial charge in [-0.05, 0) is 28.7 Å². The van der Waals surface area contributed by atoms with E-state index < -0.39 is 5.97 Å². The maximum atomic E-state index is 11.4. The van der Waals surface area contributed by atoms with Gasteiger partial charge in [-0.3, -0.25) is 0 Å². The minimum Gasteiger partial charge on any atom is -0.478 e. The van der Waals surface area contributed by atoms with E-state index in [0.29, 0.717) is 29.3 Å². The molecule has 2 aromatic carbocycles. The summed E-state index contributed by atoms with van der Waals surface area (Å²) in [7, 11) is 0. The molecule has 5 nitrogen and oxygen atoms in total. The van der Waals surface area contributed by atoms with Gasteiger partial charge >= 0.3 is 5.97 Å². The van der Waals surface area contributed by atoms with E-state index in [2.05, 4.69) is 23.9 Å². The van der Waals surface area contributed by atoms with Gasteiger partial charge in [0.15, 0.2) is 5.82 Å². The van der Waals surface area contributed by atoms with E-state index in [-0.39, 0.29) is 0 Å². The minimum atomic E-state index is -0.927. The highest BCUT2D eigenvalue weighted by Gasteiger charge is 2.13. The minimum absolute atomic E-state index is 0.299. The maximum Gasteiger partial charge on any atom is 0.336 e. The lowest BCUT2D eigenvalue weighted by atomic mass is 9.98. The second-order valence-electron chi connectivity index (χ2n) is 6.80. The normalized spacial score (nSPS) is 10.9. The third kappa shape index (κ3) is 4.46. The second kappa shape index (κ2) is 8.22. The van der Waals surface area contributed by atoms with E-state index in [4.69, 9.17) is 12.2 Å². The van der Waals surface area contributed by atoms with Gasteiger partial charge in [0.05, 0.1) is 5.56 Å². The zero-order valence-corrected chi connectivity index (χ0v) is 16.1. The molecule has 0 aliphatic rings. The van der Waals surface area contributed by atoms with Gasteiger partial charge < -0.3 is 5.11 Å². The number of carboxylic acid groups (broad SMARTS) is 1. The highest BCUT2D eigenvalue weighted by Crippen LogP contribution is 2.24. The summed E-state index contributed by atoms with van der Waals surface area (Å²) >= 11 is 4.96. The van der Waals surface area contributed by atoms with Crippen molar-refractivity contribution in [3.8, 4) is 11.1 Å². The van der Waals surface area contributed by atoms with Gasteiger partial charge in [-0.2, -0.15) is 5.10 Å². The molecule has 1 heterocycles. The Balaban J connectivity index is 1.86. The Bertz CT molecular complexity index is 962. The number of nitrogens with zero attached hydrogens (tertiary/aromatic N) is 3. The smallest absolute Gasteiger partial charge is 0.336 e. The molecule has 0 bridgehead atoms. The predicted octanol–water partition coefficient (Wildman–Crippen LogP) is 4.24. The monoisotopic (exact) mass is 379 g/mol. The van der Waals surface area contributed by atoms with Crippen molar-refractivity contribution in [2.75, 3.05) is 0 Å². The summed E-state index contributed by atoms with van der Waals surface area (Å²) in [5.41, 5.74) is 2.97. The maximum absolute atomic E-state index is 11.4. The summed E-state index contributed by atoms with van der Waals surface area (Å²) in [4.78, 5) is 15.9. The van der Waals surface area contributed by atoms with Crippen molar-refractivity contribution in [2.24, 2.45) is 5.92 Å². The molecular formula is C21H21N3O2S. The third-order valence-corrected chi connectivity index (χ3v) is 4.40.